The van der Waals surface area contributed by atoms with Gasteiger partial charge in [0.15, 0.2) is 5.76 Å². The van der Waals surface area contributed by atoms with Crippen molar-refractivity contribution in [3.63, 3.8) is 0 Å². The fourth-order valence-electron chi connectivity index (χ4n) is 3.46. The molecular weight excluding hydrogens is 409 g/mol. The van der Waals surface area contributed by atoms with E-state index < -0.39 is 17.6 Å². The van der Waals surface area contributed by atoms with Crippen molar-refractivity contribution in [3.05, 3.63) is 59.7 Å². The van der Waals surface area contributed by atoms with Crippen molar-refractivity contribution in [2.75, 3.05) is 42.9 Å². The van der Waals surface area contributed by atoms with E-state index in [0.29, 0.717) is 44.2 Å². The number of aryl methyl sites for hydroxylation is 1. The Labute approximate surface area is 179 Å². The lowest BCUT2D eigenvalue weighted by Gasteiger charge is -2.37. The summed E-state index contributed by atoms with van der Waals surface area (Å²) in [6.07, 6.45) is -2.83. The van der Waals surface area contributed by atoms with Crippen molar-refractivity contribution in [1.82, 2.24) is 4.90 Å². The zero-order valence-electron chi connectivity index (χ0n) is 17.5. The zero-order valence-corrected chi connectivity index (χ0v) is 17.5. The molecule has 3 rings (SSSR count). The van der Waals surface area contributed by atoms with Crippen LogP contribution in [0.1, 0.15) is 28.8 Å². The Hall–Kier alpha value is -3.07. The number of carbonyl (C=O) groups is 1. The summed E-state index contributed by atoms with van der Waals surface area (Å²) in [4.78, 5) is 20.8. The van der Waals surface area contributed by atoms with E-state index in [1.807, 2.05) is 11.8 Å². The fraction of sp³-hybridized carbons (Fsp3) is 0.364. The maximum absolute atomic E-state index is 13.3. The van der Waals surface area contributed by atoms with Gasteiger partial charge in [-0.2, -0.15) is 13.2 Å². The number of hydrogen-bond acceptors (Lipinski definition) is 5. The largest absolute Gasteiger partial charge is 0.456 e. The Kier molecular flexibility index (Phi) is 6.84. The molecule has 0 unspecified atom stereocenters. The molecule has 1 saturated heterocycles. The average molecular weight is 434 g/mol. The predicted molar refractivity (Wildman–Crippen MR) is 115 cm³/mol. The number of aliphatic imine (C=N–C) groups is 1. The Morgan fingerprint density at radius 3 is 2.52 bits per heavy atom. The molecule has 1 aliphatic heterocycles. The van der Waals surface area contributed by atoms with Gasteiger partial charge in [-0.3, -0.25) is 14.7 Å². The van der Waals surface area contributed by atoms with E-state index in [-0.39, 0.29) is 11.4 Å². The Morgan fingerprint density at radius 2 is 1.94 bits per heavy atom. The number of rotatable bonds is 6. The monoisotopic (exact) mass is 434 g/mol. The summed E-state index contributed by atoms with van der Waals surface area (Å²) in [6, 6.07) is 6.52. The molecule has 0 bridgehead atoms. The number of piperazine rings is 1. The molecule has 6 nitrogen and oxygen atoms in total. The number of hydrogen-bond donors (Lipinski definition) is 1. The van der Waals surface area contributed by atoms with Crippen molar-refractivity contribution in [2.24, 2.45) is 4.99 Å². The van der Waals surface area contributed by atoms with Gasteiger partial charge in [0.05, 0.1) is 16.9 Å². The minimum atomic E-state index is -4.52. The van der Waals surface area contributed by atoms with Crippen molar-refractivity contribution >= 4 is 23.5 Å². The number of nitrogens with zero attached hydrogens (tertiary/aromatic N) is 3. The second-order valence-corrected chi connectivity index (χ2v) is 7.31. The third-order valence-electron chi connectivity index (χ3n) is 4.97. The van der Waals surface area contributed by atoms with E-state index in [1.165, 1.54) is 12.1 Å². The summed E-state index contributed by atoms with van der Waals surface area (Å²) in [5.41, 5.74) is 0.568. The fourth-order valence-corrected chi connectivity index (χ4v) is 3.46. The van der Waals surface area contributed by atoms with Gasteiger partial charge < -0.3 is 14.6 Å². The number of alkyl halides is 3. The SMILES string of the molecule is C=C(CN1CCN(c2ccc(C(F)(F)F)cc2NC(=O)c2ccc(C)o2)CC1)/N=C\C. The summed E-state index contributed by atoms with van der Waals surface area (Å²) in [5, 5.41) is 2.59. The number of halogens is 3. The molecule has 1 aromatic carbocycles. The minimum Gasteiger partial charge on any atom is -0.456 e. The van der Waals surface area contributed by atoms with Crippen LogP contribution < -0.4 is 10.2 Å². The first-order valence-electron chi connectivity index (χ1n) is 9.90. The molecule has 166 valence electrons. The molecule has 0 aliphatic carbocycles. The Balaban J connectivity index is 1.79. The van der Waals surface area contributed by atoms with Gasteiger partial charge in [-0.15, -0.1) is 0 Å². The lowest BCUT2D eigenvalue weighted by atomic mass is 10.1. The number of nitrogens with one attached hydrogen (secondary N) is 1. The van der Waals surface area contributed by atoms with Crippen LogP contribution in [0.25, 0.3) is 0 Å². The van der Waals surface area contributed by atoms with Gasteiger partial charge in [0.2, 0.25) is 0 Å². The summed E-state index contributed by atoms with van der Waals surface area (Å²) in [6.45, 7) is 10.6. The molecule has 1 amide bonds. The van der Waals surface area contributed by atoms with Crippen LogP contribution in [0.2, 0.25) is 0 Å². The minimum absolute atomic E-state index is 0.0423. The maximum atomic E-state index is 13.3. The van der Waals surface area contributed by atoms with Gasteiger partial charge in [0, 0.05) is 44.6 Å². The van der Waals surface area contributed by atoms with Gasteiger partial charge in [-0.25, -0.2) is 0 Å². The van der Waals surface area contributed by atoms with Crippen LogP contribution in [0.15, 0.2) is 52.0 Å². The molecule has 9 heteroatoms. The van der Waals surface area contributed by atoms with Crippen molar-refractivity contribution in [2.45, 2.75) is 20.0 Å². The number of amides is 1. The van der Waals surface area contributed by atoms with E-state index >= 15 is 0 Å². The Morgan fingerprint density at radius 1 is 1.23 bits per heavy atom. The predicted octanol–water partition coefficient (Wildman–Crippen LogP) is 4.59. The van der Waals surface area contributed by atoms with E-state index in [4.69, 9.17) is 4.42 Å². The molecule has 2 aromatic rings. The lowest BCUT2D eigenvalue weighted by molar-refractivity contribution is -0.137. The van der Waals surface area contributed by atoms with Gasteiger partial charge in [0.1, 0.15) is 5.76 Å². The summed E-state index contributed by atoms with van der Waals surface area (Å²) < 4.78 is 45.1. The third-order valence-corrected chi connectivity index (χ3v) is 4.97. The van der Waals surface area contributed by atoms with Crippen LogP contribution in [-0.4, -0.2) is 49.7 Å². The lowest BCUT2D eigenvalue weighted by Crippen LogP contribution is -2.47. The van der Waals surface area contributed by atoms with E-state index in [9.17, 15) is 18.0 Å². The van der Waals surface area contributed by atoms with Crippen LogP contribution in [0.5, 0.6) is 0 Å². The molecule has 1 fully saturated rings. The first-order chi connectivity index (χ1) is 14.7. The zero-order chi connectivity index (χ0) is 22.6. The smallest absolute Gasteiger partial charge is 0.416 e. The van der Waals surface area contributed by atoms with Crippen LogP contribution in [0.3, 0.4) is 0 Å². The van der Waals surface area contributed by atoms with Crippen LogP contribution in [0.4, 0.5) is 24.5 Å². The first kappa shape index (κ1) is 22.6. The molecule has 0 spiro atoms. The number of anilines is 2. The first-order valence-corrected chi connectivity index (χ1v) is 9.90. The Bertz CT molecular complexity index is 973. The van der Waals surface area contributed by atoms with Crippen molar-refractivity contribution < 1.29 is 22.4 Å². The third kappa shape index (κ3) is 5.75. The van der Waals surface area contributed by atoms with Gasteiger partial charge in [0.25, 0.3) is 5.91 Å². The molecule has 31 heavy (non-hydrogen) atoms. The van der Waals surface area contributed by atoms with Gasteiger partial charge >= 0.3 is 6.18 Å². The normalized spacial score (nSPS) is 15.5. The van der Waals surface area contributed by atoms with Gasteiger partial charge in [-0.1, -0.05) is 6.58 Å². The average Bonchev–Trinajstić information content (AvgIpc) is 3.15. The highest BCUT2D eigenvalue weighted by molar-refractivity contribution is 6.04. The number of carbonyl (C=O) groups excluding carboxylic acids is 1. The molecule has 0 atom stereocenters. The second kappa shape index (κ2) is 9.38. The summed E-state index contributed by atoms with van der Waals surface area (Å²) in [7, 11) is 0. The molecule has 0 saturated carbocycles. The summed E-state index contributed by atoms with van der Waals surface area (Å²) >= 11 is 0. The summed E-state index contributed by atoms with van der Waals surface area (Å²) in [5.74, 6) is -0.0127. The second-order valence-electron chi connectivity index (χ2n) is 7.31. The maximum Gasteiger partial charge on any atom is 0.416 e. The van der Waals surface area contributed by atoms with E-state index in [0.717, 1.165) is 17.8 Å². The van der Waals surface area contributed by atoms with Gasteiger partial charge in [-0.05, 0) is 44.2 Å². The topological polar surface area (TPSA) is 61.1 Å². The van der Waals surface area contributed by atoms with Crippen LogP contribution >= 0.6 is 0 Å². The van der Waals surface area contributed by atoms with Crippen LogP contribution in [0, 0.1) is 6.92 Å². The quantitative estimate of drug-likeness (QED) is 0.676. The number of furan rings is 1. The molecule has 1 aromatic heterocycles. The highest BCUT2D eigenvalue weighted by Crippen LogP contribution is 2.36. The highest BCUT2D eigenvalue weighted by atomic mass is 19.4. The molecule has 1 aliphatic rings. The molecule has 0 radical (unpaired) electrons. The molecular formula is C22H25F3N4O2. The van der Waals surface area contributed by atoms with Crippen molar-refractivity contribution in [3.8, 4) is 0 Å². The van der Waals surface area contributed by atoms with E-state index in [2.05, 4.69) is 21.8 Å². The standard InChI is InChI=1S/C22H25F3N4O2/c1-4-26-15(2)14-28-9-11-29(12-10-28)19-7-6-17(22(23,24)25)13-18(19)27-21(30)20-8-5-16(3)31-20/h4-8,13H,2,9-12,14H2,1,3H3,(H,27,30)/b26-4-. The van der Waals surface area contributed by atoms with E-state index in [1.54, 1.807) is 19.2 Å². The molecule has 2 heterocycles. The van der Waals surface area contributed by atoms with Crippen molar-refractivity contribution in [1.29, 1.82) is 0 Å². The molecule has 1 N–H and O–H groups in total. The van der Waals surface area contributed by atoms with Crippen LogP contribution in [-0.2, 0) is 6.18 Å². The highest BCUT2D eigenvalue weighted by Gasteiger charge is 2.32. The number of benzene rings is 1.